The lowest BCUT2D eigenvalue weighted by molar-refractivity contribution is 0.183. The summed E-state index contributed by atoms with van der Waals surface area (Å²) in [5, 5.41) is 16.8. The summed E-state index contributed by atoms with van der Waals surface area (Å²) in [6, 6.07) is 0. The topological polar surface area (TPSA) is 40.5 Å². The molecule has 1 aliphatic rings. The Morgan fingerprint density at radius 2 is 1.82 bits per heavy atom. The van der Waals surface area contributed by atoms with Crippen LogP contribution in [0.3, 0.4) is 0 Å². The second-order valence-corrected chi connectivity index (χ2v) is 3.02. The summed E-state index contributed by atoms with van der Waals surface area (Å²) >= 11 is 0. The molecule has 0 saturated heterocycles. The molecule has 0 aliphatic heterocycles. The van der Waals surface area contributed by atoms with Crippen LogP contribution in [0.1, 0.15) is 45.4 Å². The maximum Gasteiger partial charge on any atom is 0.0540 e. The number of hydrogen-bond acceptors (Lipinski definition) is 2. The molecular formula is C9H20O2. The van der Waals surface area contributed by atoms with Crippen molar-refractivity contribution in [3.63, 3.8) is 0 Å². The summed E-state index contributed by atoms with van der Waals surface area (Å²) in [4.78, 5) is 0. The molecule has 0 unspecified atom stereocenters. The van der Waals surface area contributed by atoms with Crippen molar-refractivity contribution in [1.29, 1.82) is 0 Å². The fraction of sp³-hybridized carbons (Fsp3) is 1.00. The zero-order valence-corrected chi connectivity index (χ0v) is 7.42. The van der Waals surface area contributed by atoms with Crippen molar-refractivity contribution < 1.29 is 10.2 Å². The van der Waals surface area contributed by atoms with Gasteiger partial charge < -0.3 is 10.2 Å². The summed E-state index contributed by atoms with van der Waals surface area (Å²) in [5.41, 5.74) is 0. The predicted octanol–water partition coefficient (Wildman–Crippen LogP) is 1.70. The van der Waals surface area contributed by atoms with E-state index in [9.17, 15) is 0 Å². The van der Waals surface area contributed by atoms with Gasteiger partial charge in [0.25, 0.3) is 0 Å². The van der Waals surface area contributed by atoms with Crippen LogP contribution in [-0.4, -0.2) is 22.9 Å². The van der Waals surface area contributed by atoms with E-state index in [4.69, 9.17) is 10.2 Å². The van der Waals surface area contributed by atoms with Crippen molar-refractivity contribution >= 4 is 0 Å². The molecule has 0 radical (unpaired) electrons. The Balaban J connectivity index is 0.000000187. The van der Waals surface area contributed by atoms with Gasteiger partial charge in [0.2, 0.25) is 0 Å². The van der Waals surface area contributed by atoms with Crippen molar-refractivity contribution in [2.24, 2.45) is 0 Å². The van der Waals surface area contributed by atoms with Gasteiger partial charge in [0.15, 0.2) is 0 Å². The molecule has 1 saturated carbocycles. The highest BCUT2D eigenvalue weighted by atomic mass is 16.3. The van der Waals surface area contributed by atoms with Gasteiger partial charge in [0.05, 0.1) is 6.10 Å². The molecule has 11 heavy (non-hydrogen) atoms. The van der Waals surface area contributed by atoms with Gasteiger partial charge in [-0.15, -0.1) is 0 Å². The van der Waals surface area contributed by atoms with Crippen molar-refractivity contribution in [2.45, 2.75) is 51.6 Å². The summed E-state index contributed by atoms with van der Waals surface area (Å²) in [7, 11) is 0. The molecule has 1 fully saturated rings. The SMILES string of the molecule is CCCCO.OC1CCCC1. The third kappa shape index (κ3) is 7.82. The van der Waals surface area contributed by atoms with E-state index in [2.05, 4.69) is 6.92 Å². The minimum Gasteiger partial charge on any atom is -0.396 e. The molecule has 0 bridgehead atoms. The molecule has 68 valence electrons. The Bertz CT molecular complexity index is 66.0. The normalized spacial score (nSPS) is 17.7. The molecule has 2 heteroatoms. The zero-order valence-electron chi connectivity index (χ0n) is 7.42. The molecule has 0 heterocycles. The van der Waals surface area contributed by atoms with E-state index in [1.807, 2.05) is 0 Å². The molecular weight excluding hydrogens is 140 g/mol. The molecule has 0 aromatic carbocycles. The van der Waals surface area contributed by atoms with E-state index in [1.165, 1.54) is 12.8 Å². The van der Waals surface area contributed by atoms with E-state index >= 15 is 0 Å². The van der Waals surface area contributed by atoms with E-state index < -0.39 is 0 Å². The highest BCUT2D eigenvalue weighted by Gasteiger charge is 2.09. The van der Waals surface area contributed by atoms with Crippen LogP contribution in [0.2, 0.25) is 0 Å². The van der Waals surface area contributed by atoms with Crippen LogP contribution in [0, 0.1) is 0 Å². The first-order valence-corrected chi connectivity index (χ1v) is 4.60. The predicted molar refractivity (Wildman–Crippen MR) is 46.5 cm³/mol. The summed E-state index contributed by atoms with van der Waals surface area (Å²) in [5.74, 6) is 0. The first-order valence-electron chi connectivity index (χ1n) is 4.60. The van der Waals surface area contributed by atoms with Crippen LogP contribution < -0.4 is 0 Å². The third-order valence-corrected chi connectivity index (χ3v) is 1.84. The van der Waals surface area contributed by atoms with Gasteiger partial charge in [-0.1, -0.05) is 26.2 Å². The van der Waals surface area contributed by atoms with Gasteiger partial charge in [0, 0.05) is 6.61 Å². The number of unbranched alkanes of at least 4 members (excludes halogenated alkanes) is 1. The average Bonchev–Trinajstić information content (AvgIpc) is 2.43. The van der Waals surface area contributed by atoms with Crippen molar-refractivity contribution in [3.05, 3.63) is 0 Å². The van der Waals surface area contributed by atoms with Crippen LogP contribution in [0.25, 0.3) is 0 Å². The zero-order chi connectivity index (χ0) is 8.53. The largest absolute Gasteiger partial charge is 0.396 e. The Hall–Kier alpha value is -0.0800. The average molecular weight is 160 g/mol. The van der Waals surface area contributed by atoms with Crippen molar-refractivity contribution in [3.8, 4) is 0 Å². The summed E-state index contributed by atoms with van der Waals surface area (Å²) in [6.45, 7) is 2.40. The molecule has 1 rings (SSSR count). The lowest BCUT2D eigenvalue weighted by Gasteiger charge is -1.91. The van der Waals surface area contributed by atoms with E-state index in [0.29, 0.717) is 6.61 Å². The highest BCUT2D eigenvalue weighted by Crippen LogP contribution is 2.16. The molecule has 0 aromatic heterocycles. The van der Waals surface area contributed by atoms with Gasteiger partial charge >= 0.3 is 0 Å². The molecule has 0 aromatic rings. The van der Waals surface area contributed by atoms with Gasteiger partial charge in [-0.05, 0) is 19.3 Å². The molecule has 0 atom stereocenters. The Morgan fingerprint density at radius 3 is 1.91 bits per heavy atom. The second kappa shape index (κ2) is 8.02. The van der Waals surface area contributed by atoms with Gasteiger partial charge in [-0.3, -0.25) is 0 Å². The number of aliphatic hydroxyl groups excluding tert-OH is 2. The number of rotatable bonds is 2. The quantitative estimate of drug-likeness (QED) is 0.645. The van der Waals surface area contributed by atoms with Crippen LogP contribution in [0.15, 0.2) is 0 Å². The smallest absolute Gasteiger partial charge is 0.0540 e. The second-order valence-electron chi connectivity index (χ2n) is 3.02. The maximum atomic E-state index is 8.73. The fourth-order valence-electron chi connectivity index (χ4n) is 1.06. The summed E-state index contributed by atoms with van der Waals surface area (Å²) < 4.78 is 0. The van der Waals surface area contributed by atoms with E-state index in [-0.39, 0.29) is 6.10 Å². The summed E-state index contributed by atoms with van der Waals surface area (Å²) in [6.07, 6.45) is 6.64. The molecule has 2 N–H and O–H groups in total. The molecule has 1 aliphatic carbocycles. The maximum absolute atomic E-state index is 8.73. The molecule has 0 spiro atoms. The third-order valence-electron chi connectivity index (χ3n) is 1.84. The van der Waals surface area contributed by atoms with Crippen molar-refractivity contribution in [2.75, 3.05) is 6.61 Å². The standard InChI is InChI=1S/C5H10O.C4H10O/c6-5-3-1-2-4-5;1-2-3-4-5/h5-6H,1-4H2;5H,2-4H2,1H3. The number of hydrogen-bond donors (Lipinski definition) is 2. The van der Waals surface area contributed by atoms with Gasteiger partial charge in [-0.2, -0.15) is 0 Å². The van der Waals surface area contributed by atoms with Crippen LogP contribution in [0.4, 0.5) is 0 Å². The van der Waals surface area contributed by atoms with Crippen LogP contribution in [-0.2, 0) is 0 Å². The number of aliphatic hydroxyl groups is 2. The highest BCUT2D eigenvalue weighted by molar-refractivity contribution is 4.63. The minimum absolute atomic E-state index is 0.0463. The Kier molecular flexibility index (Phi) is 7.96. The first-order chi connectivity index (χ1) is 5.31. The van der Waals surface area contributed by atoms with Crippen LogP contribution >= 0.6 is 0 Å². The van der Waals surface area contributed by atoms with Gasteiger partial charge in [-0.25, -0.2) is 0 Å². The lowest BCUT2D eigenvalue weighted by atomic mass is 10.3. The molecule has 2 nitrogen and oxygen atoms in total. The minimum atomic E-state index is 0.0463. The Labute approximate surface area is 69.2 Å². The monoisotopic (exact) mass is 160 g/mol. The van der Waals surface area contributed by atoms with Gasteiger partial charge in [0.1, 0.15) is 0 Å². The van der Waals surface area contributed by atoms with E-state index in [1.54, 1.807) is 0 Å². The van der Waals surface area contributed by atoms with Crippen molar-refractivity contribution in [1.82, 2.24) is 0 Å². The Morgan fingerprint density at radius 1 is 1.27 bits per heavy atom. The lowest BCUT2D eigenvalue weighted by Crippen LogP contribution is -1.94. The van der Waals surface area contributed by atoms with E-state index in [0.717, 1.165) is 25.7 Å². The first kappa shape index (κ1) is 10.9. The molecule has 0 amide bonds. The van der Waals surface area contributed by atoms with Crippen LogP contribution in [0.5, 0.6) is 0 Å². The fourth-order valence-corrected chi connectivity index (χ4v) is 1.06.